The smallest absolute Gasteiger partial charge is 0.0716 e. The van der Waals surface area contributed by atoms with E-state index < -0.39 is 0 Å². The van der Waals surface area contributed by atoms with Gasteiger partial charge in [0.1, 0.15) is 0 Å². The molecule has 20 heavy (non-hydrogen) atoms. The predicted molar refractivity (Wildman–Crippen MR) is 83.6 cm³/mol. The fourth-order valence-electron chi connectivity index (χ4n) is 1.75. The van der Waals surface area contributed by atoms with Crippen molar-refractivity contribution in [3.8, 4) is 0 Å². The van der Waals surface area contributed by atoms with Gasteiger partial charge in [-0.1, -0.05) is 69.4 Å². The molecule has 1 rings (SSSR count). The molecular formula is C17H30O3. The Kier molecular flexibility index (Phi) is 15.4. The van der Waals surface area contributed by atoms with Gasteiger partial charge in [0.2, 0.25) is 0 Å². The summed E-state index contributed by atoms with van der Waals surface area (Å²) in [5, 5.41) is 15.2. The number of aliphatic hydroxyl groups is 2. The summed E-state index contributed by atoms with van der Waals surface area (Å²) in [5.74, 6) is 0. The van der Waals surface area contributed by atoms with Crippen LogP contribution in [0, 0.1) is 0 Å². The average Bonchev–Trinajstić information content (AvgIpc) is 2.51. The van der Waals surface area contributed by atoms with Gasteiger partial charge in [-0.15, -0.1) is 0 Å². The molecule has 0 radical (unpaired) electrons. The summed E-state index contributed by atoms with van der Waals surface area (Å²) in [6.45, 7) is 3.67. The Morgan fingerprint density at radius 3 is 2.05 bits per heavy atom. The topological polar surface area (TPSA) is 49.7 Å². The normalized spacial score (nSPS) is 9.95. The van der Waals surface area contributed by atoms with Crippen molar-refractivity contribution in [3.63, 3.8) is 0 Å². The Hall–Kier alpha value is -0.900. The molecule has 0 aromatic heterocycles. The quantitative estimate of drug-likeness (QED) is 0.645. The molecule has 0 aliphatic heterocycles. The highest BCUT2D eigenvalue weighted by Gasteiger charge is 1.92. The summed E-state index contributed by atoms with van der Waals surface area (Å²) in [4.78, 5) is 0. The van der Waals surface area contributed by atoms with Gasteiger partial charge < -0.3 is 14.9 Å². The van der Waals surface area contributed by atoms with Gasteiger partial charge in [0.15, 0.2) is 0 Å². The second-order valence-corrected chi connectivity index (χ2v) is 4.75. The number of aliphatic hydroxyl groups excluding tert-OH is 2. The maximum atomic E-state index is 7.62. The fourth-order valence-corrected chi connectivity index (χ4v) is 1.75. The SMILES string of the molecule is CCCCCCCCOCc1ccccc1.OCCO. The van der Waals surface area contributed by atoms with E-state index in [0.29, 0.717) is 0 Å². The molecule has 3 heteroatoms. The molecule has 3 nitrogen and oxygen atoms in total. The number of benzene rings is 1. The molecule has 1 aromatic rings. The zero-order valence-electron chi connectivity index (χ0n) is 12.8. The first kappa shape index (κ1) is 19.1. The Morgan fingerprint density at radius 1 is 0.850 bits per heavy atom. The molecule has 116 valence electrons. The summed E-state index contributed by atoms with van der Waals surface area (Å²) in [7, 11) is 0. The first-order chi connectivity index (χ1) is 9.85. The number of rotatable bonds is 10. The van der Waals surface area contributed by atoms with Gasteiger partial charge in [-0.2, -0.15) is 0 Å². The van der Waals surface area contributed by atoms with Crippen LogP contribution in [0.25, 0.3) is 0 Å². The van der Waals surface area contributed by atoms with Crippen LogP contribution in [-0.4, -0.2) is 30.0 Å². The number of unbranched alkanes of at least 4 members (excludes halogenated alkanes) is 5. The molecule has 0 aliphatic rings. The third-order valence-corrected chi connectivity index (χ3v) is 2.85. The van der Waals surface area contributed by atoms with Gasteiger partial charge >= 0.3 is 0 Å². The van der Waals surface area contributed by atoms with Crippen LogP contribution in [0.4, 0.5) is 0 Å². The molecule has 0 heterocycles. The highest BCUT2D eigenvalue weighted by molar-refractivity contribution is 5.13. The van der Waals surface area contributed by atoms with Gasteiger partial charge in [-0.3, -0.25) is 0 Å². The number of hydrogen-bond acceptors (Lipinski definition) is 3. The lowest BCUT2D eigenvalue weighted by atomic mass is 10.1. The van der Waals surface area contributed by atoms with Crippen molar-refractivity contribution in [3.05, 3.63) is 35.9 Å². The van der Waals surface area contributed by atoms with Crippen molar-refractivity contribution in [2.45, 2.75) is 52.1 Å². The van der Waals surface area contributed by atoms with E-state index in [0.717, 1.165) is 13.2 Å². The van der Waals surface area contributed by atoms with Gasteiger partial charge in [0.05, 0.1) is 19.8 Å². The first-order valence-electron chi connectivity index (χ1n) is 7.68. The molecule has 0 saturated carbocycles. The van der Waals surface area contributed by atoms with Gasteiger partial charge in [-0.05, 0) is 12.0 Å². The Morgan fingerprint density at radius 2 is 1.45 bits per heavy atom. The molecule has 0 atom stereocenters. The molecule has 2 N–H and O–H groups in total. The fraction of sp³-hybridized carbons (Fsp3) is 0.647. The molecule has 0 fully saturated rings. The van der Waals surface area contributed by atoms with Crippen molar-refractivity contribution in [2.75, 3.05) is 19.8 Å². The monoisotopic (exact) mass is 282 g/mol. The van der Waals surface area contributed by atoms with Gasteiger partial charge in [0, 0.05) is 6.61 Å². The summed E-state index contributed by atoms with van der Waals surface area (Å²) in [6.07, 6.45) is 7.97. The average molecular weight is 282 g/mol. The lowest BCUT2D eigenvalue weighted by molar-refractivity contribution is 0.116. The summed E-state index contributed by atoms with van der Waals surface area (Å²) >= 11 is 0. The van der Waals surface area contributed by atoms with Crippen LogP contribution in [0.15, 0.2) is 30.3 Å². The largest absolute Gasteiger partial charge is 0.394 e. The van der Waals surface area contributed by atoms with E-state index in [1.165, 1.54) is 44.1 Å². The molecule has 0 amide bonds. The second-order valence-electron chi connectivity index (χ2n) is 4.75. The lowest BCUT2D eigenvalue weighted by Crippen LogP contribution is -1.95. The van der Waals surface area contributed by atoms with E-state index in [1.807, 2.05) is 6.07 Å². The zero-order valence-corrected chi connectivity index (χ0v) is 12.8. The summed E-state index contributed by atoms with van der Waals surface area (Å²) < 4.78 is 5.63. The minimum Gasteiger partial charge on any atom is -0.394 e. The first-order valence-corrected chi connectivity index (χ1v) is 7.68. The van der Waals surface area contributed by atoms with Crippen molar-refractivity contribution >= 4 is 0 Å². The zero-order chi connectivity index (χ0) is 14.9. The van der Waals surface area contributed by atoms with E-state index in [-0.39, 0.29) is 13.2 Å². The van der Waals surface area contributed by atoms with Crippen molar-refractivity contribution in [1.29, 1.82) is 0 Å². The van der Waals surface area contributed by atoms with Crippen LogP contribution < -0.4 is 0 Å². The van der Waals surface area contributed by atoms with E-state index in [2.05, 4.69) is 31.2 Å². The van der Waals surface area contributed by atoms with Crippen LogP contribution >= 0.6 is 0 Å². The minimum atomic E-state index is -0.125. The number of ether oxygens (including phenoxy) is 1. The molecular weight excluding hydrogens is 252 g/mol. The molecule has 0 saturated heterocycles. The van der Waals surface area contributed by atoms with Gasteiger partial charge in [-0.25, -0.2) is 0 Å². The highest BCUT2D eigenvalue weighted by Crippen LogP contribution is 2.06. The van der Waals surface area contributed by atoms with Crippen LogP contribution in [0.3, 0.4) is 0 Å². The summed E-state index contributed by atoms with van der Waals surface area (Å²) in [6, 6.07) is 10.4. The Labute approximate surface area is 123 Å². The molecule has 0 bridgehead atoms. The predicted octanol–water partition coefficient (Wildman–Crippen LogP) is 3.53. The maximum Gasteiger partial charge on any atom is 0.0716 e. The molecule has 0 spiro atoms. The van der Waals surface area contributed by atoms with E-state index in [4.69, 9.17) is 14.9 Å². The molecule has 0 aliphatic carbocycles. The van der Waals surface area contributed by atoms with Crippen LogP contribution in [0.2, 0.25) is 0 Å². The van der Waals surface area contributed by atoms with Crippen LogP contribution in [0.5, 0.6) is 0 Å². The van der Waals surface area contributed by atoms with Crippen LogP contribution in [0.1, 0.15) is 51.0 Å². The second kappa shape index (κ2) is 16.2. The van der Waals surface area contributed by atoms with Crippen molar-refractivity contribution in [2.24, 2.45) is 0 Å². The van der Waals surface area contributed by atoms with Crippen molar-refractivity contribution in [1.82, 2.24) is 0 Å². The third kappa shape index (κ3) is 13.5. The van der Waals surface area contributed by atoms with E-state index in [9.17, 15) is 0 Å². The van der Waals surface area contributed by atoms with Crippen LogP contribution in [-0.2, 0) is 11.3 Å². The Bertz CT molecular complexity index is 273. The van der Waals surface area contributed by atoms with E-state index in [1.54, 1.807) is 0 Å². The van der Waals surface area contributed by atoms with Crippen molar-refractivity contribution < 1.29 is 14.9 Å². The van der Waals surface area contributed by atoms with E-state index >= 15 is 0 Å². The lowest BCUT2D eigenvalue weighted by Gasteiger charge is -2.04. The standard InChI is InChI=1S/C15H24O.C2H6O2/c1-2-3-4-5-6-10-13-16-14-15-11-8-7-9-12-15;3-1-2-4/h7-9,11-12H,2-6,10,13-14H2,1H3;3-4H,1-2H2. The summed E-state index contributed by atoms with van der Waals surface area (Å²) in [5.41, 5.74) is 1.27. The maximum absolute atomic E-state index is 7.62. The Balaban J connectivity index is 0.000000796. The molecule has 1 aromatic carbocycles. The molecule has 0 unspecified atom stereocenters. The third-order valence-electron chi connectivity index (χ3n) is 2.85. The van der Waals surface area contributed by atoms with Gasteiger partial charge in [0.25, 0.3) is 0 Å². The minimum absolute atomic E-state index is 0.125. The number of hydrogen-bond donors (Lipinski definition) is 2. The highest BCUT2D eigenvalue weighted by atomic mass is 16.5.